The van der Waals surface area contributed by atoms with E-state index in [9.17, 15) is 14.4 Å². The van der Waals surface area contributed by atoms with E-state index < -0.39 is 6.04 Å². The third kappa shape index (κ3) is 4.25. The fraction of sp³-hybridized carbons (Fsp3) is 0.381. The first-order valence-corrected chi connectivity index (χ1v) is 10.5. The van der Waals surface area contributed by atoms with Gasteiger partial charge in [-0.15, -0.1) is 11.3 Å². The van der Waals surface area contributed by atoms with Crippen LogP contribution in [0.15, 0.2) is 41.8 Å². The molecule has 2 heterocycles. The second kappa shape index (κ2) is 8.14. The van der Waals surface area contributed by atoms with E-state index in [4.69, 9.17) is 0 Å². The smallest absolute Gasteiger partial charge is 0.264 e. The van der Waals surface area contributed by atoms with E-state index in [1.54, 1.807) is 11.0 Å². The predicted molar refractivity (Wildman–Crippen MR) is 108 cm³/mol. The van der Waals surface area contributed by atoms with Gasteiger partial charge in [-0.3, -0.25) is 14.4 Å². The van der Waals surface area contributed by atoms with E-state index in [2.05, 4.69) is 10.6 Å². The van der Waals surface area contributed by atoms with E-state index in [0.717, 1.165) is 30.5 Å². The minimum atomic E-state index is -0.424. The van der Waals surface area contributed by atoms with Crippen LogP contribution in [0.1, 0.15) is 40.9 Å². The van der Waals surface area contributed by atoms with Gasteiger partial charge < -0.3 is 15.5 Å². The van der Waals surface area contributed by atoms with Crippen LogP contribution >= 0.6 is 11.3 Å². The zero-order valence-electron chi connectivity index (χ0n) is 15.5. The minimum Gasteiger partial charge on any atom is -0.350 e. The van der Waals surface area contributed by atoms with Crippen LogP contribution in [-0.4, -0.2) is 35.2 Å². The Labute approximate surface area is 167 Å². The maximum Gasteiger partial charge on any atom is 0.264 e. The van der Waals surface area contributed by atoms with Gasteiger partial charge >= 0.3 is 0 Å². The Bertz CT molecular complexity index is 877. The molecule has 2 N–H and O–H groups in total. The normalized spacial score (nSPS) is 18.7. The maximum atomic E-state index is 12.7. The number of hydrogen-bond donors (Lipinski definition) is 2. The van der Waals surface area contributed by atoms with Crippen molar-refractivity contribution in [2.24, 2.45) is 5.92 Å². The Morgan fingerprint density at radius 3 is 2.68 bits per heavy atom. The monoisotopic (exact) mass is 397 g/mol. The number of anilines is 1. The number of carbonyl (C=O) groups is 3. The number of amides is 3. The Kier molecular flexibility index (Phi) is 5.43. The van der Waals surface area contributed by atoms with Gasteiger partial charge in [-0.25, -0.2) is 0 Å². The summed E-state index contributed by atoms with van der Waals surface area (Å²) < 4.78 is 0. The zero-order valence-corrected chi connectivity index (χ0v) is 16.3. The topological polar surface area (TPSA) is 78.5 Å². The molecule has 1 atom stereocenters. The molecule has 1 aromatic heterocycles. The van der Waals surface area contributed by atoms with Crippen LogP contribution in [0, 0.1) is 5.92 Å². The van der Waals surface area contributed by atoms with Crippen LogP contribution in [0.3, 0.4) is 0 Å². The van der Waals surface area contributed by atoms with Crippen LogP contribution in [0.5, 0.6) is 0 Å². The number of carbonyl (C=O) groups excluding carboxylic acids is 3. The van der Waals surface area contributed by atoms with Gasteiger partial charge in [-0.1, -0.05) is 18.2 Å². The standard InChI is InChI=1S/C21H23N3O3S/c25-19(15-8-9-15)23-16-5-1-4-14(12-16)13-22-20(26)17-6-2-10-24(17)21(27)18-7-3-11-28-18/h1,3-5,7,11-12,15,17H,2,6,8-10,13H2,(H,22,26)(H,23,25)/t17-/m0/s1. The lowest BCUT2D eigenvalue weighted by atomic mass is 10.1. The van der Waals surface area contributed by atoms with E-state index >= 15 is 0 Å². The summed E-state index contributed by atoms with van der Waals surface area (Å²) in [5, 5.41) is 7.73. The molecular formula is C21H23N3O3S. The third-order valence-electron chi connectivity index (χ3n) is 5.16. The van der Waals surface area contributed by atoms with Gasteiger partial charge in [0, 0.05) is 24.7 Å². The number of likely N-dealkylation sites (tertiary alicyclic amines) is 1. The molecule has 1 saturated carbocycles. The van der Waals surface area contributed by atoms with Crippen molar-refractivity contribution in [1.29, 1.82) is 0 Å². The number of nitrogens with one attached hydrogen (secondary N) is 2. The van der Waals surface area contributed by atoms with E-state index in [-0.39, 0.29) is 23.6 Å². The molecule has 1 aliphatic carbocycles. The van der Waals surface area contributed by atoms with Crippen LogP contribution in [0.25, 0.3) is 0 Å². The molecule has 0 bridgehead atoms. The molecule has 0 radical (unpaired) electrons. The van der Waals surface area contributed by atoms with Crippen LogP contribution < -0.4 is 10.6 Å². The zero-order chi connectivity index (χ0) is 19.5. The van der Waals surface area contributed by atoms with Gasteiger partial charge in [-0.05, 0) is 54.8 Å². The summed E-state index contributed by atoms with van der Waals surface area (Å²) >= 11 is 1.40. The van der Waals surface area contributed by atoms with Gasteiger partial charge in [0.2, 0.25) is 11.8 Å². The molecule has 4 rings (SSSR count). The van der Waals surface area contributed by atoms with Crippen molar-refractivity contribution in [1.82, 2.24) is 10.2 Å². The lowest BCUT2D eigenvalue weighted by molar-refractivity contribution is -0.125. The minimum absolute atomic E-state index is 0.0647. The largest absolute Gasteiger partial charge is 0.350 e. The second-order valence-corrected chi connectivity index (χ2v) is 8.26. The van der Waals surface area contributed by atoms with Crippen molar-refractivity contribution in [3.8, 4) is 0 Å². The fourth-order valence-corrected chi connectivity index (χ4v) is 4.16. The molecule has 28 heavy (non-hydrogen) atoms. The van der Waals surface area contributed by atoms with E-state index in [0.29, 0.717) is 24.4 Å². The Morgan fingerprint density at radius 1 is 1.07 bits per heavy atom. The summed E-state index contributed by atoms with van der Waals surface area (Å²) in [4.78, 5) is 39.6. The molecule has 6 nitrogen and oxygen atoms in total. The molecule has 0 spiro atoms. The van der Waals surface area contributed by atoms with Gasteiger partial charge in [0.25, 0.3) is 5.91 Å². The molecule has 146 valence electrons. The first kappa shape index (κ1) is 18.7. The van der Waals surface area contributed by atoms with Gasteiger partial charge in [0.1, 0.15) is 6.04 Å². The van der Waals surface area contributed by atoms with Crippen molar-refractivity contribution in [3.63, 3.8) is 0 Å². The molecule has 1 aliphatic heterocycles. The first-order chi connectivity index (χ1) is 13.6. The lowest BCUT2D eigenvalue weighted by Crippen LogP contribution is -2.45. The van der Waals surface area contributed by atoms with Gasteiger partial charge in [-0.2, -0.15) is 0 Å². The Hall–Kier alpha value is -2.67. The summed E-state index contributed by atoms with van der Waals surface area (Å²) in [5.74, 6) is 0.0136. The Balaban J connectivity index is 1.34. The van der Waals surface area contributed by atoms with Crippen LogP contribution in [0.2, 0.25) is 0 Å². The molecule has 2 aromatic rings. The highest BCUT2D eigenvalue weighted by molar-refractivity contribution is 7.12. The Morgan fingerprint density at radius 2 is 1.93 bits per heavy atom. The molecule has 7 heteroatoms. The summed E-state index contributed by atoms with van der Waals surface area (Å²) in [6.07, 6.45) is 3.44. The highest BCUT2D eigenvalue weighted by atomic mass is 32.1. The van der Waals surface area contributed by atoms with Crippen molar-refractivity contribution in [2.45, 2.75) is 38.3 Å². The quantitative estimate of drug-likeness (QED) is 0.786. The highest BCUT2D eigenvalue weighted by Gasteiger charge is 2.34. The molecular weight excluding hydrogens is 374 g/mol. The SMILES string of the molecule is O=C(Nc1cccc(CNC(=O)[C@@H]2CCCN2C(=O)c2cccs2)c1)C1CC1. The van der Waals surface area contributed by atoms with Gasteiger partial charge in [0.15, 0.2) is 0 Å². The third-order valence-corrected chi connectivity index (χ3v) is 6.02. The predicted octanol–water partition coefficient (Wildman–Crippen LogP) is 3.02. The highest BCUT2D eigenvalue weighted by Crippen LogP contribution is 2.30. The summed E-state index contributed by atoms with van der Waals surface area (Å²) in [6.45, 7) is 0.973. The molecule has 0 unspecified atom stereocenters. The first-order valence-electron chi connectivity index (χ1n) is 9.64. The summed E-state index contributed by atoms with van der Waals surface area (Å²) in [6, 6.07) is 10.7. The van der Waals surface area contributed by atoms with Crippen molar-refractivity contribution in [2.75, 3.05) is 11.9 Å². The van der Waals surface area contributed by atoms with E-state index in [1.807, 2.05) is 35.7 Å². The molecule has 3 amide bonds. The average Bonchev–Trinajstić information content (AvgIpc) is 3.19. The summed E-state index contributed by atoms with van der Waals surface area (Å²) in [5.41, 5.74) is 1.66. The number of rotatable bonds is 6. The lowest BCUT2D eigenvalue weighted by Gasteiger charge is -2.23. The fourth-order valence-electron chi connectivity index (χ4n) is 3.48. The van der Waals surface area contributed by atoms with Gasteiger partial charge in [0.05, 0.1) is 4.88 Å². The van der Waals surface area contributed by atoms with Crippen LogP contribution in [-0.2, 0) is 16.1 Å². The molecule has 2 fully saturated rings. The van der Waals surface area contributed by atoms with E-state index in [1.165, 1.54) is 11.3 Å². The molecule has 1 aromatic carbocycles. The number of nitrogens with zero attached hydrogens (tertiary/aromatic N) is 1. The number of hydrogen-bond acceptors (Lipinski definition) is 4. The van der Waals surface area contributed by atoms with Crippen molar-refractivity contribution >= 4 is 34.7 Å². The summed E-state index contributed by atoms with van der Waals surface area (Å²) in [7, 11) is 0. The number of benzene rings is 1. The molecule has 1 saturated heterocycles. The maximum absolute atomic E-state index is 12.7. The number of thiophene rings is 1. The average molecular weight is 398 g/mol. The molecule has 2 aliphatic rings. The second-order valence-electron chi connectivity index (χ2n) is 7.32. The van der Waals surface area contributed by atoms with Crippen molar-refractivity contribution < 1.29 is 14.4 Å². The van der Waals surface area contributed by atoms with Crippen LogP contribution in [0.4, 0.5) is 5.69 Å². The van der Waals surface area contributed by atoms with Crippen molar-refractivity contribution in [3.05, 3.63) is 52.2 Å².